The smallest absolute Gasteiger partial charge is 0.292 e. The van der Waals surface area contributed by atoms with Crippen LogP contribution in [0.15, 0.2) is 39.7 Å². The fourth-order valence-electron chi connectivity index (χ4n) is 1.74. The molecule has 0 atom stereocenters. The Morgan fingerprint density at radius 1 is 1.20 bits per heavy atom. The summed E-state index contributed by atoms with van der Waals surface area (Å²) in [5.74, 6) is 0. The number of aromatic amines is 1. The van der Waals surface area contributed by atoms with E-state index in [1.165, 1.54) is 6.26 Å². The summed E-state index contributed by atoms with van der Waals surface area (Å²) in [5.41, 5.74) is 0.735. The van der Waals surface area contributed by atoms with E-state index < -0.39 is 0 Å². The molecule has 1 aromatic carbocycles. The van der Waals surface area contributed by atoms with E-state index in [0.717, 1.165) is 10.8 Å². The lowest BCUT2D eigenvalue weighted by molar-refractivity contribution is 0.611. The molecule has 0 fully saturated rings. The first-order valence-electron chi connectivity index (χ1n) is 4.45. The summed E-state index contributed by atoms with van der Waals surface area (Å²) >= 11 is 6.00. The van der Waals surface area contributed by atoms with E-state index in [-0.39, 0.29) is 5.56 Å². The number of pyridine rings is 1. The van der Waals surface area contributed by atoms with Crippen molar-refractivity contribution < 1.29 is 4.42 Å². The number of furan rings is 1. The molecule has 2 heterocycles. The molecule has 3 nitrogen and oxygen atoms in total. The molecule has 0 aliphatic heterocycles. The molecule has 3 aromatic rings. The van der Waals surface area contributed by atoms with Crippen LogP contribution in [0, 0.1) is 0 Å². The normalized spacial score (nSPS) is 11.3. The van der Waals surface area contributed by atoms with Crippen LogP contribution in [0.2, 0.25) is 5.02 Å². The van der Waals surface area contributed by atoms with Gasteiger partial charge in [0, 0.05) is 10.8 Å². The Morgan fingerprint density at radius 2 is 2.07 bits per heavy atom. The summed E-state index contributed by atoms with van der Waals surface area (Å²) < 4.78 is 5.11. The van der Waals surface area contributed by atoms with Gasteiger partial charge in [-0.3, -0.25) is 4.79 Å². The number of para-hydroxylation sites is 1. The van der Waals surface area contributed by atoms with Gasteiger partial charge in [0.15, 0.2) is 5.58 Å². The van der Waals surface area contributed by atoms with Gasteiger partial charge in [-0.1, -0.05) is 23.7 Å². The van der Waals surface area contributed by atoms with Crippen LogP contribution < -0.4 is 5.56 Å². The zero-order chi connectivity index (χ0) is 10.4. The van der Waals surface area contributed by atoms with Crippen molar-refractivity contribution in [2.75, 3.05) is 0 Å². The van der Waals surface area contributed by atoms with Crippen LogP contribution in [0.3, 0.4) is 0 Å². The molecule has 74 valence electrons. The van der Waals surface area contributed by atoms with Crippen LogP contribution in [-0.4, -0.2) is 4.98 Å². The topological polar surface area (TPSA) is 46.0 Å². The minimum Gasteiger partial charge on any atom is -0.459 e. The molecular weight excluding hydrogens is 214 g/mol. The van der Waals surface area contributed by atoms with E-state index in [4.69, 9.17) is 16.0 Å². The second kappa shape index (κ2) is 2.87. The molecule has 0 aliphatic carbocycles. The molecule has 1 N–H and O–H groups in total. The van der Waals surface area contributed by atoms with Crippen LogP contribution in [0.25, 0.3) is 21.9 Å². The second-order valence-corrected chi connectivity index (χ2v) is 3.69. The average molecular weight is 220 g/mol. The van der Waals surface area contributed by atoms with Crippen LogP contribution in [0.1, 0.15) is 0 Å². The third-order valence-corrected chi connectivity index (χ3v) is 2.73. The van der Waals surface area contributed by atoms with Gasteiger partial charge in [-0.15, -0.1) is 0 Å². The number of rotatable bonds is 0. The molecule has 0 unspecified atom stereocenters. The van der Waals surface area contributed by atoms with E-state index in [9.17, 15) is 4.79 Å². The van der Waals surface area contributed by atoms with Crippen molar-refractivity contribution in [3.8, 4) is 0 Å². The van der Waals surface area contributed by atoms with Gasteiger partial charge >= 0.3 is 0 Å². The summed E-state index contributed by atoms with van der Waals surface area (Å²) in [4.78, 5) is 14.3. The van der Waals surface area contributed by atoms with Gasteiger partial charge in [0.25, 0.3) is 5.56 Å². The molecule has 0 amide bonds. The molecule has 15 heavy (non-hydrogen) atoms. The first-order valence-corrected chi connectivity index (χ1v) is 4.83. The number of hydrogen-bond donors (Lipinski definition) is 1. The molecular formula is C11H6ClNO2. The zero-order valence-corrected chi connectivity index (χ0v) is 8.34. The molecule has 2 aromatic heterocycles. The third kappa shape index (κ3) is 1.10. The lowest BCUT2D eigenvalue weighted by Gasteiger charge is -2.00. The lowest BCUT2D eigenvalue weighted by atomic mass is 10.1. The molecule has 0 radical (unpaired) electrons. The highest BCUT2D eigenvalue weighted by atomic mass is 35.5. The van der Waals surface area contributed by atoms with E-state index in [1.807, 2.05) is 12.1 Å². The minimum atomic E-state index is -0.254. The Kier molecular flexibility index (Phi) is 1.64. The van der Waals surface area contributed by atoms with E-state index in [0.29, 0.717) is 16.1 Å². The number of nitrogens with one attached hydrogen (secondary N) is 1. The molecule has 3 rings (SSSR count). The zero-order valence-electron chi connectivity index (χ0n) is 7.58. The van der Waals surface area contributed by atoms with Crippen molar-refractivity contribution in [1.82, 2.24) is 4.98 Å². The highest BCUT2D eigenvalue weighted by Gasteiger charge is 2.08. The van der Waals surface area contributed by atoms with Gasteiger partial charge in [-0.05, 0) is 12.1 Å². The first-order chi connectivity index (χ1) is 7.27. The second-order valence-electron chi connectivity index (χ2n) is 3.28. The maximum atomic E-state index is 11.6. The average Bonchev–Trinajstić information content (AvgIpc) is 2.69. The molecule has 0 bridgehead atoms. The number of fused-ring (bicyclic) bond motifs is 3. The van der Waals surface area contributed by atoms with Gasteiger partial charge in [0.2, 0.25) is 0 Å². The number of halogens is 1. The fourth-order valence-corrected chi connectivity index (χ4v) is 1.96. The third-order valence-electron chi connectivity index (χ3n) is 2.41. The van der Waals surface area contributed by atoms with Gasteiger partial charge < -0.3 is 9.40 Å². The van der Waals surface area contributed by atoms with Crippen molar-refractivity contribution in [3.63, 3.8) is 0 Å². The Balaban J connectivity index is 2.72. The van der Waals surface area contributed by atoms with Gasteiger partial charge in [0.1, 0.15) is 0 Å². The number of aromatic nitrogens is 1. The molecule has 0 saturated heterocycles. The number of hydrogen-bond acceptors (Lipinski definition) is 2. The maximum Gasteiger partial charge on any atom is 0.292 e. The maximum absolute atomic E-state index is 11.6. The Bertz CT molecular complexity index is 711. The SMILES string of the molecule is O=c1[nH]c2c(Cl)cccc2c2ccoc12. The quantitative estimate of drug-likeness (QED) is 0.632. The Labute approximate surface area is 89.3 Å². The summed E-state index contributed by atoms with van der Waals surface area (Å²) in [6, 6.07) is 7.25. The van der Waals surface area contributed by atoms with Gasteiger partial charge in [-0.2, -0.15) is 0 Å². The van der Waals surface area contributed by atoms with Crippen LogP contribution >= 0.6 is 11.6 Å². The molecule has 0 aliphatic rings. The largest absolute Gasteiger partial charge is 0.459 e. The highest BCUT2D eigenvalue weighted by Crippen LogP contribution is 2.26. The van der Waals surface area contributed by atoms with Crippen LogP contribution in [-0.2, 0) is 0 Å². The standard InChI is InChI=1S/C11H6ClNO2/c12-8-3-1-2-6-7-4-5-15-10(7)11(14)13-9(6)8/h1-5H,(H,13,14). The van der Waals surface area contributed by atoms with Crippen molar-refractivity contribution >= 4 is 33.5 Å². The summed E-state index contributed by atoms with van der Waals surface area (Å²) in [6.45, 7) is 0. The monoisotopic (exact) mass is 219 g/mol. The molecule has 4 heteroatoms. The molecule has 0 saturated carbocycles. The van der Waals surface area contributed by atoms with Crippen molar-refractivity contribution in [2.45, 2.75) is 0 Å². The summed E-state index contributed by atoms with van der Waals surface area (Å²) in [7, 11) is 0. The summed E-state index contributed by atoms with van der Waals surface area (Å²) in [6.07, 6.45) is 1.50. The predicted octanol–water partition coefficient (Wildman–Crippen LogP) is 2.93. The number of benzene rings is 1. The highest BCUT2D eigenvalue weighted by molar-refractivity contribution is 6.35. The van der Waals surface area contributed by atoms with Crippen molar-refractivity contribution in [3.05, 3.63) is 45.9 Å². The van der Waals surface area contributed by atoms with Crippen LogP contribution in [0.5, 0.6) is 0 Å². The van der Waals surface area contributed by atoms with Crippen molar-refractivity contribution in [1.29, 1.82) is 0 Å². The van der Waals surface area contributed by atoms with E-state index in [1.54, 1.807) is 12.1 Å². The Morgan fingerprint density at radius 3 is 2.93 bits per heavy atom. The predicted molar refractivity (Wildman–Crippen MR) is 59.4 cm³/mol. The van der Waals surface area contributed by atoms with Crippen molar-refractivity contribution in [2.24, 2.45) is 0 Å². The Hall–Kier alpha value is -1.74. The fraction of sp³-hybridized carbons (Fsp3) is 0. The van der Waals surface area contributed by atoms with Crippen LogP contribution in [0.4, 0.5) is 0 Å². The van der Waals surface area contributed by atoms with Gasteiger partial charge in [-0.25, -0.2) is 0 Å². The van der Waals surface area contributed by atoms with E-state index >= 15 is 0 Å². The minimum absolute atomic E-state index is 0.254. The van der Waals surface area contributed by atoms with Gasteiger partial charge in [0.05, 0.1) is 16.8 Å². The lowest BCUT2D eigenvalue weighted by Crippen LogP contribution is -2.04. The molecule has 0 spiro atoms. The summed E-state index contributed by atoms with van der Waals surface area (Å²) in [5, 5.41) is 2.22. The first kappa shape index (κ1) is 8.56. The van der Waals surface area contributed by atoms with E-state index in [2.05, 4.69) is 4.98 Å². The number of H-pyrrole nitrogens is 1.